The molecule has 0 radical (unpaired) electrons. The van der Waals surface area contributed by atoms with Crippen LogP contribution in [0.1, 0.15) is 0 Å². The number of nitrogens with zero attached hydrogens (tertiary/aromatic N) is 6. The molecule has 54 heavy (non-hydrogen) atoms. The first-order valence-corrected chi connectivity index (χ1v) is 18.1. The van der Waals surface area contributed by atoms with E-state index in [-0.39, 0.29) is 0 Å². The number of hydrogen-bond acceptors (Lipinski definition) is 4. The minimum atomic E-state index is 0.873. The number of rotatable bonds is 3. The number of para-hydroxylation sites is 4. The summed E-state index contributed by atoms with van der Waals surface area (Å²) in [7, 11) is 0. The van der Waals surface area contributed by atoms with Crippen molar-refractivity contribution in [2.24, 2.45) is 0 Å². The number of imidazole rings is 2. The van der Waals surface area contributed by atoms with Gasteiger partial charge in [-0.25, -0.2) is 19.9 Å². The average Bonchev–Trinajstić information content (AvgIpc) is 3.83. The van der Waals surface area contributed by atoms with Gasteiger partial charge >= 0.3 is 0 Å². The zero-order chi connectivity index (χ0) is 35.3. The molecule has 250 valence electrons. The molecule has 4 heterocycles. The van der Waals surface area contributed by atoms with Gasteiger partial charge in [-0.2, -0.15) is 0 Å². The highest BCUT2D eigenvalue weighted by Gasteiger charge is 2.19. The Balaban J connectivity index is 1.07. The highest BCUT2D eigenvalue weighted by Crippen LogP contribution is 2.36. The van der Waals surface area contributed by atoms with Crippen molar-refractivity contribution in [3.8, 4) is 33.9 Å². The Kier molecular flexibility index (Phi) is 5.96. The summed E-state index contributed by atoms with van der Waals surface area (Å²) in [4.78, 5) is 21.0. The summed E-state index contributed by atoms with van der Waals surface area (Å²) in [5, 5.41) is 6.76. The van der Waals surface area contributed by atoms with E-state index in [1.165, 1.54) is 21.5 Å². The van der Waals surface area contributed by atoms with Gasteiger partial charge in [-0.1, -0.05) is 109 Å². The zero-order valence-corrected chi connectivity index (χ0v) is 28.8. The molecule has 0 spiro atoms. The van der Waals surface area contributed by atoms with E-state index in [2.05, 4.69) is 167 Å². The Bertz CT molecular complexity index is 3290. The largest absolute Gasteiger partial charge is 0.276 e. The fourth-order valence-electron chi connectivity index (χ4n) is 8.20. The Morgan fingerprint density at radius 2 is 0.704 bits per heavy atom. The molecule has 0 saturated carbocycles. The highest BCUT2D eigenvalue weighted by molar-refractivity contribution is 6.03. The third-order valence-corrected chi connectivity index (χ3v) is 10.8. The maximum atomic E-state index is 5.31. The molecule has 6 nitrogen and oxygen atoms in total. The van der Waals surface area contributed by atoms with Gasteiger partial charge in [0.2, 0.25) is 0 Å². The van der Waals surface area contributed by atoms with Crippen molar-refractivity contribution in [1.82, 2.24) is 28.7 Å². The van der Waals surface area contributed by atoms with Crippen LogP contribution in [-0.2, 0) is 0 Å². The summed E-state index contributed by atoms with van der Waals surface area (Å²) in [6, 6.07) is 59.6. The molecule has 6 heteroatoms. The van der Waals surface area contributed by atoms with Gasteiger partial charge < -0.3 is 0 Å². The van der Waals surface area contributed by atoms with Crippen LogP contribution >= 0.6 is 0 Å². The molecule has 12 rings (SSSR count). The van der Waals surface area contributed by atoms with Gasteiger partial charge in [0.1, 0.15) is 22.9 Å². The summed E-state index contributed by atoms with van der Waals surface area (Å²) in [6.45, 7) is 0. The van der Waals surface area contributed by atoms with Crippen molar-refractivity contribution in [2.45, 2.75) is 0 Å². The van der Waals surface area contributed by atoms with Gasteiger partial charge in [0, 0.05) is 21.9 Å². The first-order chi connectivity index (χ1) is 26.7. The normalized spacial score (nSPS) is 12.1. The van der Waals surface area contributed by atoms with Crippen LogP contribution in [0.5, 0.6) is 0 Å². The van der Waals surface area contributed by atoms with E-state index < -0.39 is 0 Å². The molecule has 0 aliphatic heterocycles. The van der Waals surface area contributed by atoms with Gasteiger partial charge in [-0.05, 0) is 93.3 Å². The second-order valence-corrected chi connectivity index (χ2v) is 14.0. The van der Waals surface area contributed by atoms with Crippen LogP contribution in [0.15, 0.2) is 170 Å². The second-order valence-electron chi connectivity index (χ2n) is 14.0. The summed E-state index contributed by atoms with van der Waals surface area (Å²) < 4.78 is 4.42. The minimum Gasteiger partial charge on any atom is -0.276 e. The Labute approximate surface area is 308 Å². The van der Waals surface area contributed by atoms with E-state index in [4.69, 9.17) is 19.9 Å². The molecule has 8 aromatic carbocycles. The number of fused-ring (bicyclic) bond motifs is 12. The van der Waals surface area contributed by atoms with Crippen molar-refractivity contribution < 1.29 is 0 Å². The molecule has 4 aromatic heterocycles. The van der Waals surface area contributed by atoms with Crippen molar-refractivity contribution in [3.05, 3.63) is 170 Å². The molecule has 0 unspecified atom stereocenters. The van der Waals surface area contributed by atoms with Crippen molar-refractivity contribution in [1.29, 1.82) is 0 Å². The highest BCUT2D eigenvalue weighted by atomic mass is 15.1. The Hall–Kier alpha value is -7.44. The van der Waals surface area contributed by atoms with E-state index in [1.807, 2.05) is 12.1 Å². The standard InChI is InChI=1S/C48H28N6/c1-3-11-31-25-35(19-17-29(31)9-1)45-49-39-23-21-33(27-37(39)47-51-41-13-5-7-15-43(41)53(45)47)34-22-24-40-38(28-34)48-52-42-14-6-8-16-44(42)54(48)46(50-40)36-20-18-30-10-2-4-12-32(30)26-36/h1-28H. The molecule has 0 amide bonds. The van der Waals surface area contributed by atoms with Crippen molar-refractivity contribution in [3.63, 3.8) is 0 Å². The van der Waals surface area contributed by atoms with Gasteiger partial charge in [0.05, 0.1) is 33.1 Å². The third kappa shape index (κ3) is 4.28. The molecule has 0 aliphatic rings. The van der Waals surface area contributed by atoms with Crippen LogP contribution in [0.4, 0.5) is 0 Å². The SMILES string of the molecule is c1ccc2cc(-c3nc4ccc(-c5ccc6nc(-c7ccc8ccccc8c7)n7c8ccccc8nc7c6c5)cc4c4nc5ccccc5n34)ccc2c1. The van der Waals surface area contributed by atoms with Crippen LogP contribution in [0, 0.1) is 0 Å². The van der Waals surface area contributed by atoms with Gasteiger partial charge in [0.25, 0.3) is 0 Å². The minimum absolute atomic E-state index is 0.873. The molecular formula is C48H28N6. The van der Waals surface area contributed by atoms with Gasteiger partial charge in [-0.3, -0.25) is 8.80 Å². The Morgan fingerprint density at radius 3 is 1.19 bits per heavy atom. The van der Waals surface area contributed by atoms with Crippen molar-refractivity contribution >= 4 is 76.7 Å². The number of hydrogen-bond donors (Lipinski definition) is 0. The summed E-state index contributed by atoms with van der Waals surface area (Å²) >= 11 is 0. The van der Waals surface area contributed by atoms with Crippen LogP contribution in [0.2, 0.25) is 0 Å². The smallest absolute Gasteiger partial charge is 0.149 e. The third-order valence-electron chi connectivity index (χ3n) is 10.8. The van der Waals surface area contributed by atoms with Crippen LogP contribution in [0.3, 0.4) is 0 Å². The van der Waals surface area contributed by atoms with Crippen LogP contribution in [-0.4, -0.2) is 28.7 Å². The fourth-order valence-corrected chi connectivity index (χ4v) is 8.20. The van der Waals surface area contributed by atoms with Crippen molar-refractivity contribution in [2.75, 3.05) is 0 Å². The molecule has 0 saturated heterocycles. The van der Waals surface area contributed by atoms with Crippen LogP contribution in [0.25, 0.3) is 111 Å². The summed E-state index contributed by atoms with van der Waals surface area (Å²) in [5.74, 6) is 1.75. The topological polar surface area (TPSA) is 60.4 Å². The first-order valence-electron chi connectivity index (χ1n) is 18.1. The van der Waals surface area contributed by atoms with E-state index in [0.29, 0.717) is 0 Å². The lowest BCUT2D eigenvalue weighted by molar-refractivity contribution is 1.16. The first kappa shape index (κ1) is 29.2. The van der Waals surface area contributed by atoms with Gasteiger partial charge in [0.15, 0.2) is 0 Å². The lowest BCUT2D eigenvalue weighted by Crippen LogP contribution is -1.99. The second kappa shape index (κ2) is 11.0. The predicted molar refractivity (Wildman–Crippen MR) is 221 cm³/mol. The molecule has 0 atom stereocenters. The van der Waals surface area contributed by atoms with E-state index >= 15 is 0 Å². The summed E-state index contributed by atoms with van der Waals surface area (Å²) in [6.07, 6.45) is 0. The van der Waals surface area contributed by atoms with Crippen LogP contribution < -0.4 is 0 Å². The fraction of sp³-hybridized carbons (Fsp3) is 0. The Morgan fingerprint density at radius 1 is 0.296 bits per heavy atom. The number of aromatic nitrogens is 6. The van der Waals surface area contributed by atoms with E-state index in [0.717, 1.165) is 89.1 Å². The molecular weight excluding hydrogens is 661 g/mol. The maximum absolute atomic E-state index is 5.31. The van der Waals surface area contributed by atoms with E-state index in [9.17, 15) is 0 Å². The molecule has 0 fully saturated rings. The summed E-state index contributed by atoms with van der Waals surface area (Å²) in [5.41, 5.74) is 11.8. The maximum Gasteiger partial charge on any atom is 0.149 e. The quantitative estimate of drug-likeness (QED) is 0.185. The lowest BCUT2D eigenvalue weighted by atomic mass is 10.0. The monoisotopic (exact) mass is 688 g/mol. The average molecular weight is 689 g/mol. The lowest BCUT2D eigenvalue weighted by Gasteiger charge is -2.13. The predicted octanol–water partition coefficient (Wildman–Crippen LogP) is 11.7. The molecule has 0 bridgehead atoms. The zero-order valence-electron chi connectivity index (χ0n) is 28.8. The van der Waals surface area contributed by atoms with E-state index in [1.54, 1.807) is 0 Å². The molecule has 0 N–H and O–H groups in total. The van der Waals surface area contributed by atoms with Gasteiger partial charge in [-0.15, -0.1) is 0 Å². The number of benzene rings is 8. The molecule has 12 aromatic rings. The molecule has 0 aliphatic carbocycles.